The summed E-state index contributed by atoms with van der Waals surface area (Å²) in [5.41, 5.74) is 8.50. The van der Waals surface area contributed by atoms with Gasteiger partial charge in [-0.25, -0.2) is 4.98 Å². The third-order valence-corrected chi connectivity index (χ3v) is 4.34. The number of para-hydroxylation sites is 1. The fraction of sp³-hybridized carbons (Fsp3) is 0.190. The first-order valence-electron chi connectivity index (χ1n) is 9.21. The molecule has 1 aromatic heterocycles. The number of hydrogen-bond acceptors (Lipinski definition) is 6. The zero-order valence-electron chi connectivity index (χ0n) is 16.0. The molecule has 7 nitrogen and oxygen atoms in total. The highest BCUT2D eigenvalue weighted by atomic mass is 16.1. The van der Waals surface area contributed by atoms with E-state index in [1.807, 2.05) is 42.5 Å². The number of benzene rings is 2. The number of carbonyl (C=O) groups is 1. The number of carbonyl (C=O) groups excluding carboxylic acids is 1. The van der Waals surface area contributed by atoms with Crippen LogP contribution >= 0.6 is 0 Å². The molecule has 3 rings (SSSR count). The van der Waals surface area contributed by atoms with Gasteiger partial charge in [-0.1, -0.05) is 18.2 Å². The molecule has 28 heavy (non-hydrogen) atoms. The number of rotatable bonds is 8. The van der Waals surface area contributed by atoms with Crippen LogP contribution in [0.3, 0.4) is 0 Å². The molecule has 144 valence electrons. The van der Waals surface area contributed by atoms with Crippen LogP contribution in [0.2, 0.25) is 0 Å². The van der Waals surface area contributed by atoms with Gasteiger partial charge in [-0.05, 0) is 50.2 Å². The molecule has 2 aromatic carbocycles. The summed E-state index contributed by atoms with van der Waals surface area (Å²) in [7, 11) is 0. The van der Waals surface area contributed by atoms with Gasteiger partial charge in [-0.15, -0.1) is 0 Å². The van der Waals surface area contributed by atoms with Crippen LogP contribution < -0.4 is 21.3 Å². The van der Waals surface area contributed by atoms with E-state index in [1.54, 1.807) is 0 Å². The predicted octanol–water partition coefficient (Wildman–Crippen LogP) is 3.91. The van der Waals surface area contributed by atoms with Crippen molar-refractivity contribution in [1.82, 2.24) is 9.97 Å². The van der Waals surface area contributed by atoms with E-state index in [1.165, 1.54) is 6.20 Å². The normalized spacial score (nSPS) is 10.4. The largest absolute Gasteiger partial charge is 0.372 e. The Morgan fingerprint density at radius 3 is 2.21 bits per heavy atom. The van der Waals surface area contributed by atoms with Crippen LogP contribution in [0.25, 0.3) is 0 Å². The minimum Gasteiger partial charge on any atom is -0.372 e. The summed E-state index contributed by atoms with van der Waals surface area (Å²) in [6.45, 7) is 6.17. The maximum Gasteiger partial charge on any atom is 0.254 e. The van der Waals surface area contributed by atoms with Gasteiger partial charge in [0.2, 0.25) is 5.95 Å². The molecule has 0 radical (unpaired) electrons. The van der Waals surface area contributed by atoms with E-state index in [9.17, 15) is 4.79 Å². The second-order valence-electron chi connectivity index (χ2n) is 6.16. The van der Waals surface area contributed by atoms with Crippen LogP contribution in [-0.4, -0.2) is 29.0 Å². The van der Waals surface area contributed by atoms with Crippen molar-refractivity contribution < 1.29 is 4.79 Å². The topological polar surface area (TPSA) is 96.2 Å². The third kappa shape index (κ3) is 4.56. The highest BCUT2D eigenvalue weighted by molar-refractivity contribution is 5.98. The summed E-state index contributed by atoms with van der Waals surface area (Å²) in [5, 5.41) is 6.29. The van der Waals surface area contributed by atoms with E-state index in [0.717, 1.165) is 30.2 Å². The Kier molecular flexibility index (Phi) is 6.06. The predicted molar refractivity (Wildman–Crippen MR) is 114 cm³/mol. The number of nitrogens with two attached hydrogens (primary N) is 1. The Morgan fingerprint density at radius 2 is 1.61 bits per heavy atom. The molecule has 0 fully saturated rings. The second-order valence-corrected chi connectivity index (χ2v) is 6.16. The van der Waals surface area contributed by atoms with E-state index in [2.05, 4.69) is 51.5 Å². The van der Waals surface area contributed by atoms with E-state index >= 15 is 0 Å². The van der Waals surface area contributed by atoms with Crippen molar-refractivity contribution in [2.75, 3.05) is 28.6 Å². The molecule has 0 bridgehead atoms. The zero-order valence-corrected chi connectivity index (χ0v) is 16.0. The third-order valence-electron chi connectivity index (χ3n) is 4.34. The molecule has 3 aromatic rings. The van der Waals surface area contributed by atoms with Crippen molar-refractivity contribution in [1.29, 1.82) is 0 Å². The number of amides is 1. The first-order valence-corrected chi connectivity index (χ1v) is 9.21. The summed E-state index contributed by atoms with van der Waals surface area (Å²) in [6.07, 6.45) is 1.42. The van der Waals surface area contributed by atoms with Gasteiger partial charge < -0.3 is 21.3 Å². The number of nitrogens with one attached hydrogen (secondary N) is 2. The van der Waals surface area contributed by atoms with Crippen LogP contribution in [-0.2, 0) is 0 Å². The molecule has 0 unspecified atom stereocenters. The lowest BCUT2D eigenvalue weighted by Gasteiger charge is -2.21. The first kappa shape index (κ1) is 19.2. The Bertz CT molecular complexity index is 923. The molecule has 0 spiro atoms. The minimum absolute atomic E-state index is 0.228. The maximum absolute atomic E-state index is 11.7. The van der Waals surface area contributed by atoms with E-state index in [4.69, 9.17) is 5.73 Å². The molecule has 0 atom stereocenters. The Balaban J connectivity index is 1.82. The molecular formula is C21H24N6O. The van der Waals surface area contributed by atoms with Gasteiger partial charge in [0.15, 0.2) is 0 Å². The van der Waals surface area contributed by atoms with E-state index < -0.39 is 5.91 Å². The van der Waals surface area contributed by atoms with Crippen molar-refractivity contribution >= 4 is 34.7 Å². The number of hydrogen-bond donors (Lipinski definition) is 3. The van der Waals surface area contributed by atoms with Gasteiger partial charge in [0.05, 0.1) is 0 Å². The lowest BCUT2D eigenvalue weighted by Crippen LogP contribution is -2.21. The lowest BCUT2D eigenvalue weighted by atomic mass is 10.2. The fourth-order valence-electron chi connectivity index (χ4n) is 2.85. The number of nitrogens with zero attached hydrogens (tertiary/aromatic N) is 3. The monoisotopic (exact) mass is 376 g/mol. The number of aromatic nitrogens is 2. The average Bonchev–Trinajstić information content (AvgIpc) is 2.71. The van der Waals surface area contributed by atoms with Gasteiger partial charge in [0.1, 0.15) is 11.4 Å². The molecule has 0 aliphatic rings. The molecule has 7 heteroatoms. The van der Waals surface area contributed by atoms with Crippen LogP contribution in [0.15, 0.2) is 60.8 Å². The van der Waals surface area contributed by atoms with Crippen LogP contribution in [0.4, 0.5) is 28.8 Å². The van der Waals surface area contributed by atoms with E-state index in [-0.39, 0.29) is 5.56 Å². The van der Waals surface area contributed by atoms with Crippen molar-refractivity contribution in [3.8, 4) is 0 Å². The van der Waals surface area contributed by atoms with Gasteiger partial charge in [-0.3, -0.25) is 4.79 Å². The molecule has 1 heterocycles. The zero-order chi connectivity index (χ0) is 19.9. The fourth-order valence-corrected chi connectivity index (χ4v) is 2.85. The molecule has 1 amide bonds. The highest BCUT2D eigenvalue weighted by Gasteiger charge is 2.13. The van der Waals surface area contributed by atoms with Crippen molar-refractivity contribution in [2.24, 2.45) is 5.73 Å². The Labute approximate surface area is 164 Å². The number of anilines is 5. The summed E-state index contributed by atoms with van der Waals surface area (Å²) in [4.78, 5) is 22.6. The summed E-state index contributed by atoms with van der Waals surface area (Å²) >= 11 is 0. The number of primary amides is 1. The summed E-state index contributed by atoms with van der Waals surface area (Å²) in [5.74, 6) is 0.142. The molecule has 0 aliphatic heterocycles. The molecule has 4 N–H and O–H groups in total. The highest BCUT2D eigenvalue weighted by Crippen LogP contribution is 2.23. The first-order chi connectivity index (χ1) is 13.6. The van der Waals surface area contributed by atoms with Crippen LogP contribution in [0.1, 0.15) is 24.2 Å². The SMILES string of the molecule is CCN(CC)c1ccc(Nc2ncc(C(N)=O)c(Nc3ccccc3)n2)cc1. The maximum atomic E-state index is 11.7. The molecule has 0 saturated heterocycles. The van der Waals surface area contributed by atoms with E-state index in [0.29, 0.717) is 11.8 Å². The smallest absolute Gasteiger partial charge is 0.254 e. The average molecular weight is 376 g/mol. The lowest BCUT2D eigenvalue weighted by molar-refractivity contribution is 0.100. The van der Waals surface area contributed by atoms with Gasteiger partial charge in [0.25, 0.3) is 5.91 Å². The van der Waals surface area contributed by atoms with Crippen LogP contribution in [0.5, 0.6) is 0 Å². The summed E-state index contributed by atoms with van der Waals surface area (Å²) in [6, 6.07) is 17.5. The van der Waals surface area contributed by atoms with Crippen LogP contribution in [0, 0.1) is 0 Å². The van der Waals surface area contributed by atoms with Crippen molar-refractivity contribution in [2.45, 2.75) is 13.8 Å². The minimum atomic E-state index is -0.589. The quantitative estimate of drug-likeness (QED) is 0.552. The van der Waals surface area contributed by atoms with Crippen molar-refractivity contribution in [3.05, 3.63) is 66.4 Å². The standard InChI is InChI=1S/C21H24N6O/c1-3-27(4-2)17-12-10-16(11-13-17)25-21-23-14-18(19(22)28)20(26-21)24-15-8-6-5-7-9-15/h5-14H,3-4H2,1-2H3,(H2,22,28)(H2,23,24,25,26). The van der Waals surface area contributed by atoms with Gasteiger partial charge >= 0.3 is 0 Å². The van der Waals surface area contributed by atoms with Gasteiger partial charge in [0, 0.05) is 36.3 Å². The van der Waals surface area contributed by atoms with Gasteiger partial charge in [-0.2, -0.15) is 4.98 Å². The Morgan fingerprint density at radius 1 is 0.964 bits per heavy atom. The van der Waals surface area contributed by atoms with Crippen molar-refractivity contribution in [3.63, 3.8) is 0 Å². The summed E-state index contributed by atoms with van der Waals surface area (Å²) < 4.78 is 0. The second kappa shape index (κ2) is 8.85. The molecule has 0 aliphatic carbocycles. The Hall–Kier alpha value is -3.61. The molecular weight excluding hydrogens is 352 g/mol. The molecule has 0 saturated carbocycles.